The van der Waals surface area contributed by atoms with Gasteiger partial charge in [0.15, 0.2) is 10.9 Å². The molecule has 126 valence electrons. The van der Waals surface area contributed by atoms with Gasteiger partial charge in [-0.1, -0.05) is 23.9 Å². The van der Waals surface area contributed by atoms with Crippen molar-refractivity contribution in [2.75, 3.05) is 17.7 Å². The molecule has 0 bridgehead atoms. The van der Waals surface area contributed by atoms with Crippen LogP contribution in [0.2, 0.25) is 0 Å². The van der Waals surface area contributed by atoms with Crippen LogP contribution < -0.4 is 5.32 Å². The number of rotatable bonds is 6. The second kappa shape index (κ2) is 8.11. The lowest BCUT2D eigenvalue weighted by Crippen LogP contribution is -2.21. The van der Waals surface area contributed by atoms with Crippen molar-refractivity contribution in [2.24, 2.45) is 0 Å². The lowest BCUT2D eigenvalue weighted by molar-refractivity contribution is -0.144. The summed E-state index contributed by atoms with van der Waals surface area (Å²) < 4.78 is 6.78. The Hall–Kier alpha value is -2.41. The summed E-state index contributed by atoms with van der Waals surface area (Å²) in [7, 11) is 0. The SMILES string of the molecule is N#Cc1ccsc1NC(=O)COC(=O)CSc1nc2ccccc2s1. The Morgan fingerprint density at radius 1 is 1.32 bits per heavy atom. The molecule has 0 atom stereocenters. The summed E-state index contributed by atoms with van der Waals surface area (Å²) in [4.78, 5) is 27.9. The molecule has 1 amide bonds. The number of thiazole rings is 1. The maximum absolute atomic E-state index is 11.8. The summed E-state index contributed by atoms with van der Waals surface area (Å²) in [5, 5.41) is 13.6. The van der Waals surface area contributed by atoms with Crippen molar-refractivity contribution in [3.8, 4) is 6.07 Å². The van der Waals surface area contributed by atoms with Crippen molar-refractivity contribution in [1.29, 1.82) is 5.26 Å². The van der Waals surface area contributed by atoms with E-state index in [9.17, 15) is 9.59 Å². The fourth-order valence-corrected chi connectivity index (χ4v) is 4.50. The van der Waals surface area contributed by atoms with Crippen molar-refractivity contribution in [3.63, 3.8) is 0 Å². The maximum Gasteiger partial charge on any atom is 0.316 e. The molecule has 0 saturated heterocycles. The summed E-state index contributed by atoms with van der Waals surface area (Å²) in [6.45, 7) is -0.387. The second-order valence-electron chi connectivity index (χ2n) is 4.72. The molecular weight excluding hydrogens is 378 g/mol. The fourth-order valence-electron chi connectivity index (χ4n) is 1.88. The van der Waals surface area contributed by atoms with Crippen LogP contribution in [0.4, 0.5) is 5.00 Å². The van der Waals surface area contributed by atoms with Gasteiger partial charge in [0.1, 0.15) is 11.1 Å². The van der Waals surface area contributed by atoms with E-state index in [0.717, 1.165) is 14.6 Å². The van der Waals surface area contributed by atoms with Crippen molar-refractivity contribution >= 4 is 61.5 Å². The van der Waals surface area contributed by atoms with Crippen LogP contribution in [0.1, 0.15) is 5.56 Å². The molecule has 25 heavy (non-hydrogen) atoms. The monoisotopic (exact) mass is 389 g/mol. The highest BCUT2D eigenvalue weighted by atomic mass is 32.2. The van der Waals surface area contributed by atoms with E-state index in [-0.39, 0.29) is 12.4 Å². The molecule has 9 heteroatoms. The summed E-state index contributed by atoms with van der Waals surface area (Å²) in [6, 6.07) is 11.3. The molecule has 0 radical (unpaired) electrons. The Morgan fingerprint density at radius 3 is 2.96 bits per heavy atom. The summed E-state index contributed by atoms with van der Waals surface area (Å²) >= 11 is 4.02. The van der Waals surface area contributed by atoms with E-state index in [1.807, 2.05) is 30.3 Å². The van der Waals surface area contributed by atoms with Crippen LogP contribution in [0.25, 0.3) is 10.2 Å². The van der Waals surface area contributed by atoms with Gasteiger partial charge in [0, 0.05) is 0 Å². The molecule has 6 nitrogen and oxygen atoms in total. The number of esters is 1. The Morgan fingerprint density at radius 2 is 2.16 bits per heavy atom. The van der Waals surface area contributed by atoms with Crippen LogP contribution in [0.5, 0.6) is 0 Å². The molecule has 0 aliphatic carbocycles. The van der Waals surface area contributed by atoms with Crippen molar-refractivity contribution in [1.82, 2.24) is 4.98 Å². The van der Waals surface area contributed by atoms with Crippen molar-refractivity contribution in [3.05, 3.63) is 41.3 Å². The highest BCUT2D eigenvalue weighted by Gasteiger charge is 2.12. The Labute approximate surface area is 155 Å². The fraction of sp³-hybridized carbons (Fsp3) is 0.125. The van der Waals surface area contributed by atoms with Crippen molar-refractivity contribution < 1.29 is 14.3 Å². The zero-order chi connectivity index (χ0) is 17.6. The lowest BCUT2D eigenvalue weighted by atomic mass is 10.3. The van der Waals surface area contributed by atoms with Gasteiger partial charge in [0.05, 0.1) is 21.5 Å². The third-order valence-electron chi connectivity index (χ3n) is 2.99. The number of carbonyl (C=O) groups is 2. The number of amides is 1. The van der Waals surface area contributed by atoms with Gasteiger partial charge < -0.3 is 10.1 Å². The number of hydrogen-bond donors (Lipinski definition) is 1. The molecule has 0 aliphatic heterocycles. The number of nitrogens with one attached hydrogen (secondary N) is 1. The number of fused-ring (bicyclic) bond motifs is 1. The van der Waals surface area contributed by atoms with Crippen LogP contribution in [-0.2, 0) is 14.3 Å². The minimum Gasteiger partial charge on any atom is -0.455 e. The van der Waals surface area contributed by atoms with Crippen LogP contribution in [0.15, 0.2) is 40.1 Å². The molecule has 0 saturated carbocycles. The Kier molecular flexibility index (Phi) is 5.65. The molecular formula is C16H11N3O3S3. The number of nitriles is 1. The number of para-hydroxylation sites is 1. The number of thioether (sulfide) groups is 1. The highest BCUT2D eigenvalue weighted by molar-refractivity contribution is 8.01. The molecule has 2 heterocycles. The van der Waals surface area contributed by atoms with Gasteiger partial charge in [0.2, 0.25) is 0 Å². The molecule has 1 aromatic carbocycles. The van der Waals surface area contributed by atoms with Crippen LogP contribution in [-0.4, -0.2) is 29.2 Å². The van der Waals surface area contributed by atoms with E-state index in [1.54, 1.807) is 11.4 Å². The number of benzene rings is 1. The molecule has 3 aromatic rings. The van der Waals surface area contributed by atoms with Gasteiger partial charge in [-0.15, -0.1) is 22.7 Å². The van der Waals surface area contributed by atoms with E-state index in [4.69, 9.17) is 10.00 Å². The second-order valence-corrected chi connectivity index (χ2v) is 7.89. The Balaban J connectivity index is 1.45. The molecule has 0 spiro atoms. The van der Waals surface area contributed by atoms with E-state index in [0.29, 0.717) is 10.6 Å². The third kappa shape index (κ3) is 4.57. The van der Waals surface area contributed by atoms with Crippen LogP contribution in [0, 0.1) is 11.3 Å². The van der Waals surface area contributed by atoms with E-state index >= 15 is 0 Å². The Bertz CT molecular complexity index is 925. The molecule has 3 rings (SSSR count). The number of thiophene rings is 1. The number of nitrogens with zero attached hydrogens (tertiary/aromatic N) is 2. The standard InChI is InChI=1S/C16H11N3O3S3/c17-7-10-5-6-23-15(10)19-13(20)8-22-14(21)9-24-16-18-11-3-1-2-4-12(11)25-16/h1-6H,8-9H2,(H,19,20). The number of aromatic nitrogens is 1. The number of anilines is 1. The first-order chi connectivity index (χ1) is 12.2. The highest BCUT2D eigenvalue weighted by Crippen LogP contribution is 2.29. The van der Waals surface area contributed by atoms with Gasteiger partial charge >= 0.3 is 5.97 Å². The average Bonchev–Trinajstić information content (AvgIpc) is 3.23. The molecule has 2 aromatic heterocycles. The van der Waals surface area contributed by atoms with Crippen LogP contribution in [0.3, 0.4) is 0 Å². The molecule has 0 aliphatic rings. The topological polar surface area (TPSA) is 92.1 Å². The van der Waals surface area contributed by atoms with Crippen LogP contribution >= 0.6 is 34.4 Å². The first kappa shape index (κ1) is 17.4. The summed E-state index contributed by atoms with van der Waals surface area (Å²) in [6.07, 6.45) is 0. The minimum atomic E-state index is -0.494. The largest absolute Gasteiger partial charge is 0.455 e. The van der Waals surface area contributed by atoms with E-state index < -0.39 is 11.9 Å². The maximum atomic E-state index is 11.8. The van der Waals surface area contributed by atoms with E-state index in [2.05, 4.69) is 10.3 Å². The first-order valence-corrected chi connectivity index (χ1v) is 9.75. The number of hydrogen-bond acceptors (Lipinski definition) is 8. The summed E-state index contributed by atoms with van der Waals surface area (Å²) in [5.74, 6) is -0.890. The van der Waals surface area contributed by atoms with Crippen molar-refractivity contribution in [2.45, 2.75) is 4.34 Å². The predicted molar refractivity (Wildman–Crippen MR) is 99.0 cm³/mol. The van der Waals surface area contributed by atoms with Gasteiger partial charge in [-0.25, -0.2) is 4.98 Å². The first-order valence-electron chi connectivity index (χ1n) is 7.07. The van der Waals surface area contributed by atoms with Gasteiger partial charge in [0.25, 0.3) is 5.91 Å². The number of ether oxygens (including phenoxy) is 1. The van der Waals surface area contributed by atoms with Gasteiger partial charge in [-0.2, -0.15) is 5.26 Å². The van der Waals surface area contributed by atoms with Gasteiger partial charge in [-0.3, -0.25) is 9.59 Å². The number of carbonyl (C=O) groups excluding carboxylic acids is 2. The average molecular weight is 389 g/mol. The minimum absolute atomic E-state index is 0.0789. The van der Waals surface area contributed by atoms with E-state index in [1.165, 1.54) is 34.4 Å². The smallest absolute Gasteiger partial charge is 0.316 e. The van der Waals surface area contributed by atoms with Gasteiger partial charge in [-0.05, 0) is 23.6 Å². The molecule has 1 N–H and O–H groups in total. The molecule has 0 fully saturated rings. The zero-order valence-electron chi connectivity index (χ0n) is 12.7. The normalized spacial score (nSPS) is 10.4. The third-order valence-corrected chi connectivity index (χ3v) is 5.97. The molecule has 0 unspecified atom stereocenters. The lowest BCUT2D eigenvalue weighted by Gasteiger charge is -2.04. The predicted octanol–water partition coefficient (Wildman–Crippen LogP) is 3.50. The summed E-state index contributed by atoms with van der Waals surface area (Å²) in [5.41, 5.74) is 1.28. The zero-order valence-corrected chi connectivity index (χ0v) is 15.2. The quantitative estimate of drug-likeness (QED) is 0.512.